The van der Waals surface area contributed by atoms with Crippen LogP contribution in [0.4, 0.5) is 0 Å². The van der Waals surface area contributed by atoms with Crippen LogP contribution in [0.15, 0.2) is 46.3 Å². The van der Waals surface area contributed by atoms with Crippen molar-refractivity contribution in [2.45, 2.75) is 18.2 Å². The second kappa shape index (κ2) is 9.49. The molecule has 0 atom stereocenters. The van der Waals surface area contributed by atoms with E-state index in [9.17, 15) is 13.2 Å². The molecule has 0 aliphatic heterocycles. The summed E-state index contributed by atoms with van der Waals surface area (Å²) in [6.45, 7) is 2.34. The Balaban J connectivity index is 1.99. The number of methoxy groups -OCH3 is 1. The summed E-state index contributed by atoms with van der Waals surface area (Å²) in [5.41, 5.74) is 0.958. The zero-order valence-electron chi connectivity index (χ0n) is 18.6. The van der Waals surface area contributed by atoms with Crippen molar-refractivity contribution in [2.24, 2.45) is 7.05 Å². The Kier molecular flexibility index (Phi) is 6.64. The van der Waals surface area contributed by atoms with Gasteiger partial charge in [-0.15, -0.1) is 0 Å². The first-order chi connectivity index (χ1) is 16.3. The summed E-state index contributed by atoms with van der Waals surface area (Å²) < 4.78 is 37.5. The van der Waals surface area contributed by atoms with Crippen molar-refractivity contribution in [3.8, 4) is 23.1 Å². The third kappa shape index (κ3) is 4.39. The Morgan fingerprint density at radius 3 is 2.59 bits per heavy atom. The van der Waals surface area contributed by atoms with Crippen molar-refractivity contribution in [2.75, 3.05) is 20.3 Å². The molecule has 0 aliphatic carbocycles. The average Bonchev–Trinajstić information content (AvgIpc) is 3.20. The summed E-state index contributed by atoms with van der Waals surface area (Å²) in [5, 5.41) is 4.47. The fourth-order valence-electron chi connectivity index (χ4n) is 3.43. The maximum absolute atomic E-state index is 13.3. The number of aryl methyl sites for hydroxylation is 1. The minimum absolute atomic E-state index is 0.0816. The van der Waals surface area contributed by atoms with Crippen LogP contribution in [0, 0.1) is 0 Å². The predicted octanol–water partition coefficient (Wildman–Crippen LogP) is 2.09. The lowest BCUT2D eigenvalue weighted by molar-refractivity contribution is 0.144. The molecule has 0 amide bonds. The normalized spacial score (nSPS) is 11.8. The molecular formula is C21H21ClN6O5S. The van der Waals surface area contributed by atoms with Gasteiger partial charge in [0.25, 0.3) is 14.6 Å². The van der Waals surface area contributed by atoms with Crippen LogP contribution < -0.4 is 10.3 Å². The minimum atomic E-state index is -4.10. The van der Waals surface area contributed by atoms with Gasteiger partial charge in [0, 0.05) is 31.0 Å². The highest BCUT2D eigenvalue weighted by Crippen LogP contribution is 2.31. The lowest BCUT2D eigenvalue weighted by Gasteiger charge is -2.13. The van der Waals surface area contributed by atoms with E-state index in [1.807, 2.05) is 13.0 Å². The van der Waals surface area contributed by atoms with Crippen LogP contribution >= 0.6 is 10.7 Å². The van der Waals surface area contributed by atoms with Gasteiger partial charge in [-0.1, -0.05) is 13.0 Å². The number of rotatable bonds is 8. The second-order valence-corrected chi connectivity index (χ2v) is 9.77. The number of fused-ring (bicyclic) bond motifs is 1. The van der Waals surface area contributed by atoms with Crippen molar-refractivity contribution in [1.29, 1.82) is 0 Å². The van der Waals surface area contributed by atoms with Crippen LogP contribution in [-0.2, 0) is 27.3 Å². The number of aromatic nitrogens is 6. The highest BCUT2D eigenvalue weighted by Gasteiger charge is 2.23. The maximum atomic E-state index is 13.3. The number of ether oxygens (including phenoxy) is 2. The molecule has 0 N–H and O–H groups in total. The Morgan fingerprint density at radius 2 is 1.94 bits per heavy atom. The molecule has 0 saturated heterocycles. The van der Waals surface area contributed by atoms with Gasteiger partial charge in [-0.2, -0.15) is 5.10 Å². The Hall–Kier alpha value is -3.35. The van der Waals surface area contributed by atoms with Gasteiger partial charge in [-0.3, -0.25) is 9.36 Å². The van der Waals surface area contributed by atoms with Gasteiger partial charge >= 0.3 is 0 Å². The van der Waals surface area contributed by atoms with E-state index in [0.29, 0.717) is 23.4 Å². The quantitative estimate of drug-likeness (QED) is 0.261. The molecule has 0 aliphatic rings. The fraction of sp³-hybridized carbons (Fsp3) is 0.286. The molecule has 0 radical (unpaired) electrons. The third-order valence-electron chi connectivity index (χ3n) is 5.07. The van der Waals surface area contributed by atoms with Gasteiger partial charge in [-0.25, -0.2) is 28.1 Å². The van der Waals surface area contributed by atoms with Crippen molar-refractivity contribution in [3.05, 3.63) is 52.7 Å². The van der Waals surface area contributed by atoms with Gasteiger partial charge in [0.05, 0.1) is 24.1 Å². The van der Waals surface area contributed by atoms with Crippen molar-refractivity contribution >= 4 is 30.8 Å². The van der Waals surface area contributed by atoms with Crippen LogP contribution in [0.25, 0.3) is 28.2 Å². The molecule has 0 spiro atoms. The van der Waals surface area contributed by atoms with Gasteiger partial charge in [0.1, 0.15) is 22.8 Å². The first-order valence-electron chi connectivity index (χ1n) is 10.2. The fourth-order valence-corrected chi connectivity index (χ4v) is 4.12. The van der Waals surface area contributed by atoms with Crippen molar-refractivity contribution in [3.63, 3.8) is 0 Å². The molecule has 11 nitrogen and oxygen atoms in total. The van der Waals surface area contributed by atoms with E-state index >= 15 is 0 Å². The summed E-state index contributed by atoms with van der Waals surface area (Å²) in [6.07, 6.45) is 3.23. The molecule has 0 bridgehead atoms. The molecule has 34 heavy (non-hydrogen) atoms. The zero-order chi connectivity index (χ0) is 24.5. The SMILES string of the molecule is CCc1c2nc(-c3cc(S(=O)(=O)Cl)cnc3OCCOC)n(C)c(=O)c2nn1-c1ccccn1. The largest absolute Gasteiger partial charge is 0.475 e. The smallest absolute Gasteiger partial charge is 0.281 e. The van der Waals surface area contributed by atoms with E-state index in [-0.39, 0.29) is 40.9 Å². The van der Waals surface area contributed by atoms with E-state index in [4.69, 9.17) is 25.1 Å². The van der Waals surface area contributed by atoms with Gasteiger partial charge in [-0.05, 0) is 24.6 Å². The molecule has 4 aromatic rings. The molecule has 4 heterocycles. The lowest BCUT2D eigenvalue weighted by atomic mass is 10.2. The number of pyridine rings is 2. The first kappa shape index (κ1) is 23.8. The molecule has 0 saturated carbocycles. The van der Waals surface area contributed by atoms with Gasteiger partial charge < -0.3 is 9.47 Å². The van der Waals surface area contributed by atoms with Crippen LogP contribution in [0.3, 0.4) is 0 Å². The summed E-state index contributed by atoms with van der Waals surface area (Å²) in [4.78, 5) is 26.2. The summed E-state index contributed by atoms with van der Waals surface area (Å²) in [6, 6.07) is 6.65. The summed E-state index contributed by atoms with van der Waals surface area (Å²) in [7, 11) is 4.48. The lowest BCUT2D eigenvalue weighted by Crippen LogP contribution is -2.21. The van der Waals surface area contributed by atoms with Gasteiger partial charge in [0.2, 0.25) is 5.88 Å². The molecule has 178 valence electrons. The van der Waals surface area contributed by atoms with E-state index in [1.165, 1.54) is 24.8 Å². The number of hydrogen-bond donors (Lipinski definition) is 0. The van der Waals surface area contributed by atoms with E-state index in [1.54, 1.807) is 23.0 Å². The van der Waals surface area contributed by atoms with Crippen molar-refractivity contribution < 1.29 is 17.9 Å². The Labute approximate surface area is 199 Å². The minimum Gasteiger partial charge on any atom is -0.475 e. The molecular weight excluding hydrogens is 484 g/mol. The van der Waals surface area contributed by atoms with Gasteiger partial charge in [0.15, 0.2) is 11.3 Å². The number of halogens is 1. The van der Waals surface area contributed by atoms with Crippen LogP contribution in [-0.4, -0.2) is 58.0 Å². The average molecular weight is 505 g/mol. The topological polar surface area (TPSA) is 131 Å². The molecule has 0 aromatic carbocycles. The number of nitrogens with zero attached hydrogens (tertiary/aromatic N) is 6. The molecule has 4 rings (SSSR count). The van der Waals surface area contributed by atoms with E-state index in [2.05, 4.69) is 15.1 Å². The zero-order valence-corrected chi connectivity index (χ0v) is 20.2. The second-order valence-electron chi connectivity index (χ2n) is 7.20. The van der Waals surface area contributed by atoms with Crippen LogP contribution in [0.1, 0.15) is 12.6 Å². The Morgan fingerprint density at radius 1 is 1.15 bits per heavy atom. The van der Waals surface area contributed by atoms with Crippen LogP contribution in [0.2, 0.25) is 0 Å². The Bertz CT molecular complexity index is 1520. The third-order valence-corrected chi connectivity index (χ3v) is 6.39. The van der Waals surface area contributed by atoms with E-state index in [0.717, 1.165) is 6.20 Å². The first-order valence-corrected chi connectivity index (χ1v) is 12.5. The highest BCUT2D eigenvalue weighted by atomic mass is 35.7. The predicted molar refractivity (Wildman–Crippen MR) is 125 cm³/mol. The standard InChI is InChI=1S/C21H21ClN6O5S/c1-4-15-17-18(26-28(15)16-7-5-6-8-23-16)21(29)27(2)19(25-17)14-11-13(34(22,30)31)12-24-20(14)33-10-9-32-3/h5-8,11-12H,4,9-10H2,1-3H3. The van der Waals surface area contributed by atoms with E-state index < -0.39 is 14.6 Å². The molecule has 13 heteroatoms. The number of hydrogen-bond acceptors (Lipinski definition) is 9. The highest BCUT2D eigenvalue weighted by molar-refractivity contribution is 8.13. The van der Waals surface area contributed by atoms with Crippen molar-refractivity contribution in [1.82, 2.24) is 29.3 Å². The maximum Gasteiger partial charge on any atom is 0.281 e. The summed E-state index contributed by atoms with van der Waals surface area (Å²) in [5.74, 6) is 0.773. The van der Waals surface area contributed by atoms with Crippen LogP contribution in [0.5, 0.6) is 5.88 Å². The monoisotopic (exact) mass is 504 g/mol. The molecule has 4 aromatic heterocycles. The molecule has 0 unspecified atom stereocenters. The molecule has 0 fully saturated rings. The summed E-state index contributed by atoms with van der Waals surface area (Å²) >= 11 is 0.